The molecule has 1 N–H and O–H groups in total. The van der Waals surface area contributed by atoms with E-state index >= 15 is 0 Å². The zero-order chi connectivity index (χ0) is 11.3. The Hall–Kier alpha value is -1.03. The Labute approximate surface area is 90.9 Å². The van der Waals surface area contributed by atoms with Crippen molar-refractivity contribution in [2.45, 2.75) is 38.8 Å². The molecule has 15 heavy (non-hydrogen) atoms. The maximum atomic E-state index is 11.5. The van der Waals surface area contributed by atoms with Gasteiger partial charge in [0, 0.05) is 32.0 Å². The lowest BCUT2D eigenvalue weighted by molar-refractivity contribution is 0.464. The summed E-state index contributed by atoms with van der Waals surface area (Å²) in [6.45, 7) is 2.99. The number of hydrogen-bond acceptors (Lipinski definition) is 2. The molecule has 0 radical (unpaired) electrons. The minimum absolute atomic E-state index is 0.0764. The number of hydrogen-bond donors (Lipinski definition) is 1. The molecule has 1 atom stereocenters. The first-order chi connectivity index (χ1) is 7.19. The lowest BCUT2D eigenvalue weighted by Crippen LogP contribution is -2.26. The summed E-state index contributed by atoms with van der Waals surface area (Å²) >= 11 is 0. The highest BCUT2D eigenvalue weighted by atomic mass is 16.1. The van der Waals surface area contributed by atoms with Crippen molar-refractivity contribution in [2.75, 3.05) is 7.05 Å². The quantitative estimate of drug-likeness (QED) is 0.761. The van der Waals surface area contributed by atoms with Gasteiger partial charge in [-0.1, -0.05) is 6.92 Å². The Bertz CT molecular complexity index is 336. The van der Waals surface area contributed by atoms with E-state index in [1.165, 1.54) is 0 Å². The summed E-state index contributed by atoms with van der Waals surface area (Å²) in [5.41, 5.74) is 0.0764. The molecule has 0 aliphatic rings. The Morgan fingerprint density at radius 2 is 2.20 bits per heavy atom. The van der Waals surface area contributed by atoms with E-state index in [2.05, 4.69) is 12.2 Å². The van der Waals surface area contributed by atoms with Crippen LogP contribution in [0, 0.1) is 0 Å². The zero-order valence-corrected chi connectivity index (χ0v) is 9.86. The second-order valence-electron chi connectivity index (χ2n) is 3.92. The molecule has 4 heteroatoms. The predicted octanol–water partition coefficient (Wildman–Crippen LogP) is 0.965. The van der Waals surface area contributed by atoms with E-state index in [4.69, 9.17) is 0 Å². The van der Waals surface area contributed by atoms with Crippen LogP contribution in [0.5, 0.6) is 0 Å². The Morgan fingerprint density at radius 1 is 1.47 bits per heavy atom. The summed E-state index contributed by atoms with van der Waals surface area (Å²) in [5, 5.41) is 3.27. The topological polar surface area (TPSA) is 39.0 Å². The van der Waals surface area contributed by atoms with Crippen molar-refractivity contribution < 1.29 is 0 Å². The van der Waals surface area contributed by atoms with Gasteiger partial charge in [-0.15, -0.1) is 0 Å². The summed E-state index contributed by atoms with van der Waals surface area (Å²) in [6, 6.07) is 0.574. The van der Waals surface area contributed by atoms with Crippen molar-refractivity contribution in [3.63, 3.8) is 0 Å². The predicted molar refractivity (Wildman–Crippen MR) is 62.0 cm³/mol. The molecule has 0 aliphatic heterocycles. The molecular weight excluding hydrogens is 190 g/mol. The van der Waals surface area contributed by atoms with E-state index in [1.54, 1.807) is 22.4 Å². The van der Waals surface area contributed by atoms with Crippen LogP contribution < -0.4 is 11.0 Å². The van der Waals surface area contributed by atoms with Gasteiger partial charge < -0.3 is 9.88 Å². The molecular formula is C11H21N3O. The summed E-state index contributed by atoms with van der Waals surface area (Å²) in [7, 11) is 3.77. The summed E-state index contributed by atoms with van der Waals surface area (Å²) in [4.78, 5) is 11.5. The molecule has 0 amide bonds. The number of aromatic nitrogens is 2. The molecule has 1 heterocycles. The van der Waals surface area contributed by atoms with E-state index in [0.717, 1.165) is 25.8 Å². The fourth-order valence-corrected chi connectivity index (χ4v) is 1.74. The van der Waals surface area contributed by atoms with Crippen LogP contribution in [0.15, 0.2) is 17.2 Å². The van der Waals surface area contributed by atoms with Crippen molar-refractivity contribution in [1.82, 2.24) is 14.5 Å². The maximum absolute atomic E-state index is 11.5. The summed E-state index contributed by atoms with van der Waals surface area (Å²) < 4.78 is 3.37. The average Bonchev–Trinajstić information content (AvgIpc) is 2.56. The van der Waals surface area contributed by atoms with Crippen LogP contribution in [0.4, 0.5) is 0 Å². The highest BCUT2D eigenvalue weighted by Crippen LogP contribution is 2.02. The standard InChI is InChI=1S/C11H21N3O/c1-4-10(12-2)6-5-7-14-9-8-13(3)11(14)15/h8-10,12H,4-7H2,1-3H3. The molecule has 4 nitrogen and oxygen atoms in total. The molecule has 1 aromatic heterocycles. The zero-order valence-electron chi connectivity index (χ0n) is 9.86. The molecule has 1 aromatic rings. The van der Waals surface area contributed by atoms with Gasteiger partial charge in [0.25, 0.3) is 0 Å². The van der Waals surface area contributed by atoms with Crippen LogP contribution >= 0.6 is 0 Å². The molecule has 86 valence electrons. The lowest BCUT2D eigenvalue weighted by atomic mass is 10.1. The van der Waals surface area contributed by atoms with E-state index in [9.17, 15) is 4.79 Å². The SMILES string of the molecule is CCC(CCCn1ccn(C)c1=O)NC. The average molecular weight is 211 g/mol. The van der Waals surface area contributed by atoms with Crippen LogP contribution in [-0.4, -0.2) is 22.2 Å². The second kappa shape index (κ2) is 5.75. The third-order valence-corrected chi connectivity index (χ3v) is 2.87. The number of rotatable bonds is 6. The van der Waals surface area contributed by atoms with Gasteiger partial charge in [0.2, 0.25) is 0 Å². The van der Waals surface area contributed by atoms with Crippen LogP contribution in [0.25, 0.3) is 0 Å². The van der Waals surface area contributed by atoms with Gasteiger partial charge in [-0.2, -0.15) is 0 Å². The molecule has 0 saturated heterocycles. The molecule has 0 spiro atoms. The van der Waals surface area contributed by atoms with E-state index in [1.807, 2.05) is 13.2 Å². The molecule has 0 bridgehead atoms. The van der Waals surface area contributed by atoms with Gasteiger partial charge in [0.15, 0.2) is 0 Å². The first-order valence-corrected chi connectivity index (χ1v) is 5.58. The monoisotopic (exact) mass is 211 g/mol. The number of nitrogens with zero attached hydrogens (tertiary/aromatic N) is 2. The molecule has 1 unspecified atom stereocenters. The lowest BCUT2D eigenvalue weighted by Gasteiger charge is -2.12. The van der Waals surface area contributed by atoms with Crippen molar-refractivity contribution in [2.24, 2.45) is 7.05 Å². The van der Waals surface area contributed by atoms with E-state index in [-0.39, 0.29) is 5.69 Å². The van der Waals surface area contributed by atoms with Crippen molar-refractivity contribution in [3.8, 4) is 0 Å². The third kappa shape index (κ3) is 3.23. The van der Waals surface area contributed by atoms with Crippen molar-refractivity contribution in [3.05, 3.63) is 22.9 Å². The van der Waals surface area contributed by atoms with Gasteiger partial charge in [0.05, 0.1) is 0 Å². The second-order valence-corrected chi connectivity index (χ2v) is 3.92. The first kappa shape index (κ1) is 12.0. The summed E-state index contributed by atoms with van der Waals surface area (Å²) in [5.74, 6) is 0. The normalized spacial score (nSPS) is 13.0. The van der Waals surface area contributed by atoms with Gasteiger partial charge in [-0.25, -0.2) is 4.79 Å². The maximum Gasteiger partial charge on any atom is 0.327 e. The van der Waals surface area contributed by atoms with Gasteiger partial charge in [0.1, 0.15) is 0 Å². The number of imidazole rings is 1. The van der Waals surface area contributed by atoms with Gasteiger partial charge in [-0.3, -0.25) is 4.57 Å². The Kier molecular flexibility index (Phi) is 4.62. The molecule has 0 saturated carbocycles. The van der Waals surface area contributed by atoms with Crippen LogP contribution in [0.3, 0.4) is 0 Å². The Balaban J connectivity index is 2.38. The van der Waals surface area contributed by atoms with Crippen LogP contribution in [0.1, 0.15) is 26.2 Å². The van der Waals surface area contributed by atoms with Gasteiger partial charge >= 0.3 is 5.69 Å². The van der Waals surface area contributed by atoms with Crippen LogP contribution in [-0.2, 0) is 13.6 Å². The highest BCUT2D eigenvalue weighted by Gasteiger charge is 2.03. The molecule has 0 aliphatic carbocycles. The minimum Gasteiger partial charge on any atom is -0.317 e. The number of aryl methyl sites for hydroxylation is 2. The molecule has 0 aromatic carbocycles. The fraction of sp³-hybridized carbons (Fsp3) is 0.727. The third-order valence-electron chi connectivity index (χ3n) is 2.87. The molecule has 0 fully saturated rings. The van der Waals surface area contributed by atoms with E-state index < -0.39 is 0 Å². The van der Waals surface area contributed by atoms with Crippen LogP contribution in [0.2, 0.25) is 0 Å². The van der Waals surface area contributed by atoms with E-state index in [0.29, 0.717) is 6.04 Å². The fourth-order valence-electron chi connectivity index (χ4n) is 1.74. The molecule has 1 rings (SSSR count). The minimum atomic E-state index is 0.0764. The Morgan fingerprint density at radius 3 is 2.67 bits per heavy atom. The van der Waals surface area contributed by atoms with Gasteiger partial charge in [-0.05, 0) is 26.3 Å². The smallest absolute Gasteiger partial charge is 0.317 e. The largest absolute Gasteiger partial charge is 0.327 e. The number of nitrogens with one attached hydrogen (secondary N) is 1. The highest BCUT2D eigenvalue weighted by molar-refractivity contribution is 4.79. The first-order valence-electron chi connectivity index (χ1n) is 5.58. The van der Waals surface area contributed by atoms with Crippen molar-refractivity contribution >= 4 is 0 Å². The summed E-state index contributed by atoms with van der Waals surface area (Å²) in [6.07, 6.45) is 6.96. The van der Waals surface area contributed by atoms with Crippen molar-refractivity contribution in [1.29, 1.82) is 0 Å².